The quantitative estimate of drug-likeness (QED) is 0.705. The van der Waals surface area contributed by atoms with Crippen molar-refractivity contribution in [2.75, 3.05) is 0 Å². The van der Waals surface area contributed by atoms with Crippen LogP contribution in [0.4, 0.5) is 0 Å². The predicted octanol–water partition coefficient (Wildman–Crippen LogP) is 2.14. The van der Waals surface area contributed by atoms with Gasteiger partial charge in [0.2, 0.25) is 0 Å². The van der Waals surface area contributed by atoms with Crippen molar-refractivity contribution in [3.63, 3.8) is 0 Å². The van der Waals surface area contributed by atoms with E-state index in [4.69, 9.17) is 0 Å². The molecule has 0 saturated heterocycles. The van der Waals surface area contributed by atoms with Gasteiger partial charge < -0.3 is 9.13 Å². The molecule has 3 rings (SSSR count). The van der Waals surface area contributed by atoms with E-state index in [9.17, 15) is 0 Å². The molecule has 0 aliphatic heterocycles. The van der Waals surface area contributed by atoms with Crippen molar-refractivity contribution < 1.29 is 0 Å². The van der Waals surface area contributed by atoms with Crippen LogP contribution in [-0.4, -0.2) is 24.3 Å². The lowest BCUT2D eigenvalue weighted by atomic mass is 10.1. The fourth-order valence-electron chi connectivity index (χ4n) is 2.18. The molecule has 0 amide bonds. The minimum absolute atomic E-state index is 0.691. The number of imidazole rings is 1. The first-order valence-corrected chi connectivity index (χ1v) is 6.33. The topological polar surface area (TPSA) is 48.5 Å². The second kappa shape index (κ2) is 4.19. The normalized spacial score (nSPS) is 11.4. The molecule has 0 aliphatic rings. The van der Waals surface area contributed by atoms with Crippen LogP contribution in [0, 0.1) is 20.8 Å². The van der Waals surface area contributed by atoms with Crippen LogP contribution in [0.3, 0.4) is 0 Å². The fraction of sp³-hybridized carbons (Fsp3) is 0.357. The van der Waals surface area contributed by atoms with Gasteiger partial charge in [0.15, 0.2) is 5.82 Å². The van der Waals surface area contributed by atoms with Crippen LogP contribution >= 0.6 is 0 Å². The van der Waals surface area contributed by atoms with E-state index < -0.39 is 0 Å². The van der Waals surface area contributed by atoms with Gasteiger partial charge in [0, 0.05) is 7.05 Å². The van der Waals surface area contributed by atoms with Gasteiger partial charge in [-0.2, -0.15) is 0 Å². The summed E-state index contributed by atoms with van der Waals surface area (Å²) in [7, 11) is 1.99. The Kier molecular flexibility index (Phi) is 2.62. The van der Waals surface area contributed by atoms with Gasteiger partial charge in [-0.15, -0.1) is 10.2 Å². The molecule has 19 heavy (non-hydrogen) atoms. The molecule has 0 aliphatic carbocycles. The summed E-state index contributed by atoms with van der Waals surface area (Å²) in [6.45, 7) is 6.88. The Morgan fingerprint density at radius 3 is 2.47 bits per heavy atom. The van der Waals surface area contributed by atoms with Crippen molar-refractivity contribution in [1.82, 2.24) is 24.3 Å². The van der Waals surface area contributed by atoms with Crippen LogP contribution in [0.5, 0.6) is 0 Å². The number of benzene rings is 1. The standard InChI is InChI=1S/C14H17N5/c1-9-5-12-13(6-10(9)2)19(8-15-12)7-14-17-16-11(3)18(14)4/h5-6,8H,7H2,1-4H3. The number of nitrogens with zero attached hydrogens (tertiary/aromatic N) is 5. The van der Waals surface area contributed by atoms with Gasteiger partial charge in [0.05, 0.1) is 23.9 Å². The molecule has 0 atom stereocenters. The number of hydrogen-bond acceptors (Lipinski definition) is 3. The highest BCUT2D eigenvalue weighted by molar-refractivity contribution is 5.77. The van der Waals surface area contributed by atoms with E-state index >= 15 is 0 Å². The molecule has 98 valence electrons. The van der Waals surface area contributed by atoms with Gasteiger partial charge in [-0.05, 0) is 44.0 Å². The lowest BCUT2D eigenvalue weighted by molar-refractivity contribution is 0.704. The van der Waals surface area contributed by atoms with Crippen molar-refractivity contribution in [1.29, 1.82) is 0 Å². The summed E-state index contributed by atoms with van der Waals surface area (Å²) in [4.78, 5) is 4.46. The molecule has 0 unspecified atom stereocenters. The van der Waals surface area contributed by atoms with Crippen LogP contribution in [-0.2, 0) is 13.6 Å². The van der Waals surface area contributed by atoms with E-state index in [1.54, 1.807) is 0 Å². The average molecular weight is 255 g/mol. The van der Waals surface area contributed by atoms with Gasteiger partial charge >= 0.3 is 0 Å². The maximum Gasteiger partial charge on any atom is 0.152 e. The first-order valence-electron chi connectivity index (χ1n) is 6.33. The molecule has 0 N–H and O–H groups in total. The van der Waals surface area contributed by atoms with Gasteiger partial charge in [0.1, 0.15) is 5.82 Å². The maximum atomic E-state index is 4.46. The van der Waals surface area contributed by atoms with Gasteiger partial charge in [-0.25, -0.2) is 4.98 Å². The van der Waals surface area contributed by atoms with E-state index in [0.29, 0.717) is 6.54 Å². The molecule has 0 spiro atoms. The largest absolute Gasteiger partial charge is 0.323 e. The summed E-state index contributed by atoms with van der Waals surface area (Å²) >= 11 is 0. The molecule has 0 fully saturated rings. The third-order valence-corrected chi connectivity index (χ3v) is 3.73. The number of hydrogen-bond donors (Lipinski definition) is 0. The second-order valence-electron chi connectivity index (χ2n) is 5.02. The molecule has 3 aromatic rings. The van der Waals surface area contributed by atoms with Crippen LogP contribution in [0.25, 0.3) is 11.0 Å². The Labute approximate surface area is 111 Å². The minimum Gasteiger partial charge on any atom is -0.323 e. The van der Waals surface area contributed by atoms with Crippen LogP contribution in [0.15, 0.2) is 18.5 Å². The summed E-state index contributed by atoms with van der Waals surface area (Å²) in [5, 5.41) is 8.29. The van der Waals surface area contributed by atoms with E-state index in [1.807, 2.05) is 24.9 Å². The number of aryl methyl sites for hydroxylation is 3. The molecule has 2 heterocycles. The molecule has 2 aromatic heterocycles. The van der Waals surface area contributed by atoms with E-state index in [-0.39, 0.29) is 0 Å². The van der Waals surface area contributed by atoms with E-state index in [0.717, 1.165) is 22.7 Å². The van der Waals surface area contributed by atoms with Crippen LogP contribution < -0.4 is 0 Å². The molecular weight excluding hydrogens is 238 g/mol. The maximum absolute atomic E-state index is 4.46. The van der Waals surface area contributed by atoms with Crippen molar-refractivity contribution in [3.8, 4) is 0 Å². The van der Waals surface area contributed by atoms with Crippen molar-refractivity contribution in [2.24, 2.45) is 7.05 Å². The highest BCUT2D eigenvalue weighted by atomic mass is 15.3. The molecule has 0 saturated carbocycles. The zero-order valence-corrected chi connectivity index (χ0v) is 11.7. The first-order chi connectivity index (χ1) is 9.06. The summed E-state index contributed by atoms with van der Waals surface area (Å²) in [6.07, 6.45) is 1.87. The number of fused-ring (bicyclic) bond motifs is 1. The molecule has 1 aromatic carbocycles. The summed E-state index contributed by atoms with van der Waals surface area (Å²) < 4.78 is 4.12. The Morgan fingerprint density at radius 2 is 1.79 bits per heavy atom. The Hall–Kier alpha value is -2.17. The Morgan fingerprint density at radius 1 is 1.05 bits per heavy atom. The Balaban J connectivity index is 2.06. The average Bonchev–Trinajstić information content (AvgIpc) is 2.89. The number of rotatable bonds is 2. The summed E-state index contributed by atoms with van der Waals surface area (Å²) in [5.74, 6) is 1.86. The number of aromatic nitrogens is 5. The van der Waals surface area contributed by atoms with Gasteiger partial charge in [0.25, 0.3) is 0 Å². The third kappa shape index (κ3) is 1.91. The lowest BCUT2D eigenvalue weighted by Gasteiger charge is -2.06. The Bertz CT molecular complexity index is 751. The van der Waals surface area contributed by atoms with Crippen molar-refractivity contribution in [3.05, 3.63) is 41.2 Å². The van der Waals surface area contributed by atoms with Crippen molar-refractivity contribution >= 4 is 11.0 Å². The highest BCUT2D eigenvalue weighted by Crippen LogP contribution is 2.19. The molecule has 0 bridgehead atoms. The van der Waals surface area contributed by atoms with E-state index in [1.165, 1.54) is 11.1 Å². The smallest absolute Gasteiger partial charge is 0.152 e. The SMILES string of the molecule is Cc1cc2ncn(Cc3nnc(C)n3C)c2cc1C. The van der Waals surface area contributed by atoms with Crippen molar-refractivity contribution in [2.45, 2.75) is 27.3 Å². The molecule has 5 nitrogen and oxygen atoms in total. The van der Waals surface area contributed by atoms with Gasteiger partial charge in [-0.3, -0.25) is 0 Å². The van der Waals surface area contributed by atoms with Gasteiger partial charge in [-0.1, -0.05) is 0 Å². The zero-order valence-electron chi connectivity index (χ0n) is 11.7. The monoisotopic (exact) mass is 255 g/mol. The molecule has 0 radical (unpaired) electrons. The summed E-state index contributed by atoms with van der Waals surface area (Å²) in [6, 6.07) is 4.31. The molecular formula is C14H17N5. The highest BCUT2D eigenvalue weighted by Gasteiger charge is 2.09. The predicted molar refractivity (Wildman–Crippen MR) is 74.0 cm³/mol. The van der Waals surface area contributed by atoms with Crippen LogP contribution in [0.1, 0.15) is 22.8 Å². The first kappa shape index (κ1) is 11.9. The molecule has 5 heteroatoms. The minimum atomic E-state index is 0.691. The van der Waals surface area contributed by atoms with E-state index in [2.05, 4.69) is 45.7 Å². The summed E-state index contributed by atoms with van der Waals surface area (Å²) in [5.41, 5.74) is 4.72. The second-order valence-corrected chi connectivity index (χ2v) is 5.02. The van der Waals surface area contributed by atoms with Crippen LogP contribution in [0.2, 0.25) is 0 Å². The fourth-order valence-corrected chi connectivity index (χ4v) is 2.18. The zero-order chi connectivity index (χ0) is 13.6. The lowest BCUT2D eigenvalue weighted by Crippen LogP contribution is -2.06. The third-order valence-electron chi connectivity index (χ3n) is 3.73.